The minimum atomic E-state index is -4.25. The standard InChI is InChI=1S/C20H25N5O6S/c1-4-5-8-25-20(28)16(18(27)17(23-25)11(2)3)19-22-13-7-6-12(31-10-15(21)26)9-14(13)32(29,30)24-19/h6-7,9,11,27H,4-5,8,10H2,1-3H3,(H2,21,26)(H,22,24). The lowest BCUT2D eigenvalue weighted by Gasteiger charge is -2.21. The summed E-state index contributed by atoms with van der Waals surface area (Å²) in [7, 11) is -4.25. The summed E-state index contributed by atoms with van der Waals surface area (Å²) in [5, 5.41) is 17.8. The van der Waals surface area contributed by atoms with Gasteiger partial charge in [-0.1, -0.05) is 27.2 Å². The van der Waals surface area contributed by atoms with E-state index in [1.165, 1.54) is 22.9 Å². The quantitative estimate of drug-likeness (QED) is 0.527. The number of nitrogens with zero attached hydrogens (tertiary/aromatic N) is 3. The lowest BCUT2D eigenvalue weighted by atomic mass is 10.1. The number of hydrogen-bond acceptors (Lipinski definition) is 8. The van der Waals surface area contributed by atoms with E-state index in [-0.39, 0.29) is 39.3 Å². The molecule has 32 heavy (non-hydrogen) atoms. The summed E-state index contributed by atoms with van der Waals surface area (Å²) < 4.78 is 35.8. The largest absolute Gasteiger partial charge is 0.505 e. The van der Waals surface area contributed by atoms with Crippen LogP contribution in [0, 0.1) is 0 Å². The fraction of sp³-hybridized carbons (Fsp3) is 0.400. The van der Waals surface area contributed by atoms with Crippen molar-refractivity contribution in [3.63, 3.8) is 0 Å². The highest BCUT2D eigenvalue weighted by Gasteiger charge is 2.31. The van der Waals surface area contributed by atoms with Gasteiger partial charge in [-0.15, -0.1) is 4.40 Å². The molecule has 0 unspecified atom stereocenters. The molecule has 1 amide bonds. The van der Waals surface area contributed by atoms with E-state index in [2.05, 4.69) is 14.8 Å². The van der Waals surface area contributed by atoms with Crippen molar-refractivity contribution in [3.05, 3.63) is 39.8 Å². The van der Waals surface area contributed by atoms with Gasteiger partial charge >= 0.3 is 0 Å². The highest BCUT2D eigenvalue weighted by Crippen LogP contribution is 2.33. The van der Waals surface area contributed by atoms with Crippen molar-refractivity contribution in [2.75, 3.05) is 11.9 Å². The third kappa shape index (κ3) is 4.59. The number of ether oxygens (including phenoxy) is 1. The molecular formula is C20H25N5O6S. The number of sulfonamides is 1. The Labute approximate surface area is 185 Å². The Morgan fingerprint density at radius 2 is 2.06 bits per heavy atom. The van der Waals surface area contributed by atoms with Crippen LogP contribution in [0.5, 0.6) is 11.5 Å². The molecule has 0 atom stereocenters. The fourth-order valence-corrected chi connectivity index (χ4v) is 4.27. The van der Waals surface area contributed by atoms with Crippen molar-refractivity contribution in [2.45, 2.75) is 51.0 Å². The van der Waals surface area contributed by atoms with Crippen LogP contribution in [0.25, 0.3) is 0 Å². The SMILES string of the molecule is CCCCn1nc(C(C)C)c(O)c(C2=NS(=O)(=O)c3cc(OCC(N)=O)ccc3N2)c1=O. The average molecular weight is 464 g/mol. The summed E-state index contributed by atoms with van der Waals surface area (Å²) >= 11 is 0. The summed E-state index contributed by atoms with van der Waals surface area (Å²) in [4.78, 5) is 23.8. The number of carbonyl (C=O) groups excluding carboxylic acids is 1. The van der Waals surface area contributed by atoms with Gasteiger partial charge in [-0.2, -0.15) is 13.5 Å². The second kappa shape index (κ2) is 8.99. The maximum absolute atomic E-state index is 13.1. The normalized spacial score (nSPS) is 14.4. The number of carbonyl (C=O) groups is 1. The highest BCUT2D eigenvalue weighted by atomic mass is 32.2. The van der Waals surface area contributed by atoms with E-state index in [1.54, 1.807) is 13.8 Å². The molecule has 0 saturated carbocycles. The summed E-state index contributed by atoms with van der Waals surface area (Å²) in [6, 6.07) is 4.06. The molecule has 2 aromatic rings. The number of nitrogens with two attached hydrogens (primary N) is 1. The van der Waals surface area contributed by atoms with Gasteiger partial charge in [0, 0.05) is 18.5 Å². The number of benzene rings is 1. The Morgan fingerprint density at radius 3 is 2.69 bits per heavy atom. The van der Waals surface area contributed by atoms with Gasteiger partial charge in [-0.25, -0.2) is 4.68 Å². The molecule has 4 N–H and O–H groups in total. The third-order valence-electron chi connectivity index (χ3n) is 4.74. The van der Waals surface area contributed by atoms with E-state index < -0.39 is 33.8 Å². The highest BCUT2D eigenvalue weighted by molar-refractivity contribution is 7.90. The number of anilines is 1. The fourth-order valence-electron chi connectivity index (χ4n) is 3.13. The van der Waals surface area contributed by atoms with E-state index in [0.717, 1.165) is 6.42 Å². The predicted molar refractivity (Wildman–Crippen MR) is 118 cm³/mol. The number of amidine groups is 1. The Balaban J connectivity index is 2.12. The van der Waals surface area contributed by atoms with E-state index in [1.807, 2.05) is 6.92 Å². The first-order valence-electron chi connectivity index (χ1n) is 10.1. The second-order valence-corrected chi connectivity index (χ2v) is 9.17. The maximum atomic E-state index is 13.1. The third-order valence-corrected chi connectivity index (χ3v) is 6.06. The van der Waals surface area contributed by atoms with Crippen molar-refractivity contribution >= 4 is 27.5 Å². The van der Waals surface area contributed by atoms with Crippen LogP contribution in [0.1, 0.15) is 50.8 Å². The number of aromatic nitrogens is 2. The van der Waals surface area contributed by atoms with Gasteiger partial charge in [0.2, 0.25) is 0 Å². The number of amides is 1. The number of aryl methyl sites for hydroxylation is 1. The molecule has 0 fully saturated rings. The van der Waals surface area contributed by atoms with Crippen molar-refractivity contribution in [1.29, 1.82) is 0 Å². The Hall–Kier alpha value is -3.41. The molecule has 1 aromatic carbocycles. The van der Waals surface area contributed by atoms with Crippen LogP contribution in [0.4, 0.5) is 5.69 Å². The van der Waals surface area contributed by atoms with Gasteiger partial charge < -0.3 is 20.9 Å². The smallest absolute Gasteiger partial charge is 0.286 e. The van der Waals surface area contributed by atoms with Gasteiger partial charge in [0.25, 0.3) is 21.5 Å². The number of nitrogens with one attached hydrogen (secondary N) is 1. The minimum absolute atomic E-state index is 0.113. The van der Waals surface area contributed by atoms with Gasteiger partial charge in [0.15, 0.2) is 18.2 Å². The summed E-state index contributed by atoms with van der Waals surface area (Å²) in [6.45, 7) is 5.47. The summed E-state index contributed by atoms with van der Waals surface area (Å²) in [5.74, 6) is -1.52. The molecule has 11 nitrogen and oxygen atoms in total. The molecule has 2 heterocycles. The molecule has 1 aliphatic heterocycles. The summed E-state index contributed by atoms with van der Waals surface area (Å²) in [6.07, 6.45) is 1.51. The van der Waals surface area contributed by atoms with E-state index in [9.17, 15) is 23.1 Å². The molecule has 0 radical (unpaired) electrons. The minimum Gasteiger partial charge on any atom is -0.505 e. The number of aromatic hydroxyl groups is 1. The number of unbranched alkanes of at least 4 members (excludes halogenated alkanes) is 1. The van der Waals surface area contributed by atoms with Gasteiger partial charge in [0.1, 0.15) is 21.9 Å². The van der Waals surface area contributed by atoms with Crippen LogP contribution < -0.4 is 21.3 Å². The number of rotatable bonds is 8. The second-order valence-electron chi connectivity index (χ2n) is 7.60. The number of fused-ring (bicyclic) bond motifs is 1. The zero-order valence-corrected chi connectivity index (χ0v) is 18.8. The molecule has 3 rings (SSSR count). The van der Waals surface area contributed by atoms with Crippen LogP contribution >= 0.6 is 0 Å². The topological polar surface area (TPSA) is 166 Å². The van der Waals surface area contributed by atoms with Crippen LogP contribution in [-0.4, -0.2) is 41.7 Å². The Morgan fingerprint density at radius 1 is 1.34 bits per heavy atom. The van der Waals surface area contributed by atoms with Crippen LogP contribution in [0.15, 0.2) is 32.3 Å². The monoisotopic (exact) mass is 463 g/mol. The van der Waals surface area contributed by atoms with Crippen molar-refractivity contribution in [1.82, 2.24) is 9.78 Å². The van der Waals surface area contributed by atoms with Crippen LogP contribution in [-0.2, 0) is 21.4 Å². The van der Waals surface area contributed by atoms with E-state index in [4.69, 9.17) is 10.5 Å². The molecule has 12 heteroatoms. The first-order chi connectivity index (χ1) is 15.0. The first kappa shape index (κ1) is 23.3. The molecule has 1 aliphatic rings. The lowest BCUT2D eigenvalue weighted by molar-refractivity contribution is -0.119. The molecule has 0 spiro atoms. The number of primary amides is 1. The first-order valence-corrected chi connectivity index (χ1v) is 11.5. The molecule has 0 bridgehead atoms. The Bertz CT molecular complexity index is 1250. The van der Waals surface area contributed by atoms with Crippen molar-refractivity contribution in [2.24, 2.45) is 10.1 Å². The van der Waals surface area contributed by atoms with Crippen LogP contribution in [0.2, 0.25) is 0 Å². The van der Waals surface area contributed by atoms with Gasteiger partial charge in [-0.3, -0.25) is 9.59 Å². The molecular weight excluding hydrogens is 438 g/mol. The van der Waals surface area contributed by atoms with Gasteiger partial charge in [0.05, 0.1) is 5.69 Å². The molecule has 1 aromatic heterocycles. The zero-order valence-electron chi connectivity index (χ0n) is 18.0. The summed E-state index contributed by atoms with van der Waals surface area (Å²) in [5.41, 5.74) is 4.54. The molecule has 172 valence electrons. The Kier molecular flexibility index (Phi) is 6.53. The van der Waals surface area contributed by atoms with Crippen molar-refractivity contribution in [3.8, 4) is 11.5 Å². The van der Waals surface area contributed by atoms with Crippen LogP contribution in [0.3, 0.4) is 0 Å². The van der Waals surface area contributed by atoms with E-state index >= 15 is 0 Å². The maximum Gasteiger partial charge on any atom is 0.286 e. The lowest BCUT2D eigenvalue weighted by Crippen LogP contribution is -2.34. The van der Waals surface area contributed by atoms with E-state index in [0.29, 0.717) is 13.0 Å². The predicted octanol–water partition coefficient (Wildman–Crippen LogP) is 1.30. The van der Waals surface area contributed by atoms with Gasteiger partial charge in [-0.05, 0) is 18.6 Å². The number of hydrogen-bond donors (Lipinski definition) is 3. The zero-order chi connectivity index (χ0) is 23.6. The average Bonchev–Trinajstić information content (AvgIpc) is 2.71. The molecule has 0 saturated heterocycles. The van der Waals surface area contributed by atoms with Crippen molar-refractivity contribution < 1.29 is 23.1 Å². The molecule has 0 aliphatic carbocycles.